The van der Waals surface area contributed by atoms with Crippen molar-refractivity contribution >= 4 is 39.1 Å². The second-order valence-corrected chi connectivity index (χ2v) is 15.5. The lowest BCUT2D eigenvalue weighted by atomic mass is 9.70. The van der Waals surface area contributed by atoms with E-state index in [1.807, 2.05) is 4.90 Å². The second-order valence-electron chi connectivity index (χ2n) is 13.7. The molecule has 3 aliphatic rings. The third-order valence-corrected chi connectivity index (χ3v) is 11.9. The highest BCUT2D eigenvalue weighted by Gasteiger charge is 2.44. The quantitative estimate of drug-likeness (QED) is 0.159. The predicted octanol–water partition coefficient (Wildman–Crippen LogP) is 5.63. The number of sulfonamides is 1. The average Bonchev–Trinajstić information content (AvgIpc) is 3.56. The van der Waals surface area contributed by atoms with Crippen molar-refractivity contribution in [1.29, 1.82) is 0 Å². The Labute approximate surface area is 282 Å². The number of anilines is 1. The second kappa shape index (κ2) is 13.0. The molecule has 2 bridgehead atoms. The summed E-state index contributed by atoms with van der Waals surface area (Å²) in [4.78, 5) is 38.7. The molecule has 11 heteroatoms. The zero-order valence-electron chi connectivity index (χ0n) is 27.6. The molecule has 0 N–H and O–H groups in total. The van der Waals surface area contributed by atoms with E-state index >= 15 is 0 Å². The Hall–Kier alpha value is -4.22. The van der Waals surface area contributed by atoms with Gasteiger partial charge in [-0.2, -0.15) is 0 Å². The largest absolute Gasteiger partial charge is 0.339 e. The standard InChI is InChI=1S/C37H43N5O5S/c1-27-38-34-10-6-7-11-35(34)41(27)33-24-31-16-17-32(25-33)40(31)23-20-37(29-8-4-3-5-9-29)18-21-39(22-19-37)36(44)28-12-14-30(15-13-28)42(47-26-43)48(2,45)46/h3-15,26,31-33H,16-25H2,1-2H3/t31-,32+,33?. The van der Waals surface area contributed by atoms with E-state index in [1.54, 1.807) is 12.1 Å². The third-order valence-electron chi connectivity index (χ3n) is 11.0. The van der Waals surface area contributed by atoms with Crippen LogP contribution in [-0.2, 0) is 25.1 Å². The minimum atomic E-state index is -3.84. The number of rotatable bonds is 10. The molecule has 3 atom stereocenters. The smallest absolute Gasteiger partial charge is 0.322 e. The number of benzene rings is 3. The van der Waals surface area contributed by atoms with Crippen molar-refractivity contribution in [3.05, 3.63) is 95.8 Å². The molecule has 3 saturated heterocycles. The summed E-state index contributed by atoms with van der Waals surface area (Å²) in [5.74, 6) is 1.02. The number of fused-ring (bicyclic) bond motifs is 3. The van der Waals surface area contributed by atoms with Gasteiger partial charge in [-0.25, -0.2) is 13.4 Å². The summed E-state index contributed by atoms with van der Waals surface area (Å²) in [6, 6.07) is 27.0. The highest BCUT2D eigenvalue weighted by atomic mass is 32.2. The van der Waals surface area contributed by atoms with Crippen LogP contribution in [0.25, 0.3) is 11.0 Å². The number of amides is 1. The van der Waals surface area contributed by atoms with Gasteiger partial charge in [0.2, 0.25) is 0 Å². The van der Waals surface area contributed by atoms with Crippen LogP contribution in [0.5, 0.6) is 0 Å². The summed E-state index contributed by atoms with van der Waals surface area (Å²) >= 11 is 0. The van der Waals surface area contributed by atoms with Crippen molar-refractivity contribution in [3.63, 3.8) is 0 Å². The van der Waals surface area contributed by atoms with E-state index in [1.165, 1.54) is 36.1 Å². The molecule has 252 valence electrons. The Morgan fingerprint density at radius 2 is 1.58 bits per heavy atom. The molecule has 4 aromatic rings. The minimum Gasteiger partial charge on any atom is -0.339 e. The van der Waals surface area contributed by atoms with Crippen LogP contribution in [0.1, 0.15) is 72.7 Å². The molecule has 1 aromatic heterocycles. The summed E-state index contributed by atoms with van der Waals surface area (Å²) in [6.45, 7) is 4.53. The first kappa shape index (κ1) is 32.3. The van der Waals surface area contributed by atoms with Crippen LogP contribution in [0.3, 0.4) is 0 Å². The van der Waals surface area contributed by atoms with Crippen molar-refractivity contribution < 1.29 is 22.8 Å². The van der Waals surface area contributed by atoms with Gasteiger partial charge in [0.15, 0.2) is 0 Å². The zero-order chi connectivity index (χ0) is 33.5. The van der Waals surface area contributed by atoms with Gasteiger partial charge in [-0.3, -0.25) is 14.5 Å². The van der Waals surface area contributed by atoms with Gasteiger partial charge in [-0.05, 0) is 106 Å². The van der Waals surface area contributed by atoms with Crippen LogP contribution in [0, 0.1) is 6.92 Å². The van der Waals surface area contributed by atoms with E-state index in [0.717, 1.165) is 56.2 Å². The number of hydrogen-bond donors (Lipinski definition) is 0. The molecule has 7 rings (SSSR count). The molecule has 48 heavy (non-hydrogen) atoms. The maximum Gasteiger partial charge on any atom is 0.322 e. The maximum absolute atomic E-state index is 13.6. The van der Waals surface area contributed by atoms with Crippen molar-refractivity contribution in [2.75, 3.05) is 30.4 Å². The number of imidazole rings is 1. The first-order valence-corrected chi connectivity index (χ1v) is 18.8. The van der Waals surface area contributed by atoms with Gasteiger partial charge in [-0.1, -0.05) is 46.9 Å². The van der Waals surface area contributed by atoms with Crippen LogP contribution in [0.2, 0.25) is 0 Å². The number of hydrogen-bond acceptors (Lipinski definition) is 7. The van der Waals surface area contributed by atoms with Crippen LogP contribution in [-0.4, -0.2) is 78.1 Å². The summed E-state index contributed by atoms with van der Waals surface area (Å²) in [7, 11) is -3.84. The van der Waals surface area contributed by atoms with Gasteiger partial charge in [0, 0.05) is 36.8 Å². The van der Waals surface area contributed by atoms with Crippen LogP contribution in [0.4, 0.5) is 5.69 Å². The van der Waals surface area contributed by atoms with Crippen molar-refractivity contribution in [2.45, 2.75) is 75.4 Å². The Morgan fingerprint density at radius 1 is 0.938 bits per heavy atom. The Morgan fingerprint density at radius 3 is 2.23 bits per heavy atom. The molecular weight excluding hydrogens is 627 g/mol. The molecule has 1 amide bonds. The zero-order valence-corrected chi connectivity index (χ0v) is 28.4. The minimum absolute atomic E-state index is 0.0164. The highest BCUT2D eigenvalue weighted by molar-refractivity contribution is 7.91. The predicted molar refractivity (Wildman–Crippen MR) is 185 cm³/mol. The molecule has 10 nitrogen and oxygen atoms in total. The van der Waals surface area contributed by atoms with E-state index in [4.69, 9.17) is 4.98 Å². The van der Waals surface area contributed by atoms with E-state index in [9.17, 15) is 18.0 Å². The van der Waals surface area contributed by atoms with Crippen LogP contribution in [0.15, 0.2) is 78.9 Å². The molecule has 0 spiro atoms. The molecule has 4 heterocycles. The van der Waals surface area contributed by atoms with E-state index in [0.29, 0.717) is 41.2 Å². The average molecular weight is 670 g/mol. The Bertz CT molecular complexity index is 1870. The number of likely N-dealkylation sites (tertiary alicyclic amines) is 1. The summed E-state index contributed by atoms with van der Waals surface area (Å²) in [5.41, 5.74) is 4.27. The SMILES string of the molecule is Cc1nc2ccccc2n1C1C[C@H]2CC[C@@H](C1)N2CCC1(c2ccccc2)CCN(C(=O)c2ccc(N(OC=O)S(C)(=O)=O)cc2)CC1. The molecule has 3 fully saturated rings. The topological polar surface area (TPSA) is 105 Å². The van der Waals surface area contributed by atoms with Gasteiger partial charge in [0.25, 0.3) is 15.9 Å². The molecule has 0 saturated carbocycles. The summed E-state index contributed by atoms with van der Waals surface area (Å²) < 4.78 is 27.1. The third kappa shape index (κ3) is 6.09. The van der Waals surface area contributed by atoms with E-state index < -0.39 is 10.0 Å². The highest BCUT2D eigenvalue weighted by Crippen LogP contribution is 2.45. The Balaban J connectivity index is 1.03. The number of aromatic nitrogens is 2. The Kier molecular flexibility index (Phi) is 8.76. The van der Waals surface area contributed by atoms with Gasteiger partial charge < -0.3 is 14.3 Å². The monoisotopic (exact) mass is 669 g/mol. The number of carbonyl (C=O) groups is 2. The fraction of sp³-hybridized carbons (Fsp3) is 0.432. The van der Waals surface area contributed by atoms with E-state index in [2.05, 4.69) is 75.8 Å². The van der Waals surface area contributed by atoms with Gasteiger partial charge >= 0.3 is 6.47 Å². The van der Waals surface area contributed by atoms with Crippen molar-refractivity contribution in [3.8, 4) is 0 Å². The first-order valence-electron chi connectivity index (χ1n) is 16.9. The maximum atomic E-state index is 13.6. The number of piperidine rings is 2. The molecule has 1 unspecified atom stereocenters. The molecule has 3 aliphatic heterocycles. The number of nitrogens with zero attached hydrogens (tertiary/aromatic N) is 5. The summed E-state index contributed by atoms with van der Waals surface area (Å²) in [5, 5.41) is 0. The lowest BCUT2D eigenvalue weighted by Crippen LogP contribution is -2.49. The molecule has 0 radical (unpaired) electrons. The molecule has 3 aromatic carbocycles. The van der Waals surface area contributed by atoms with Crippen molar-refractivity contribution in [2.24, 2.45) is 0 Å². The number of carbonyl (C=O) groups excluding carboxylic acids is 2. The van der Waals surface area contributed by atoms with Gasteiger partial charge in [0.1, 0.15) is 5.82 Å². The fourth-order valence-corrected chi connectivity index (χ4v) is 9.38. The van der Waals surface area contributed by atoms with Gasteiger partial charge in [0.05, 0.1) is 23.0 Å². The number of para-hydroxylation sites is 2. The van der Waals surface area contributed by atoms with Gasteiger partial charge in [-0.15, -0.1) is 0 Å². The lowest BCUT2D eigenvalue weighted by molar-refractivity contribution is -0.128. The molecule has 0 aliphatic carbocycles. The number of aryl methyl sites for hydroxylation is 1. The normalized spacial score (nSPS) is 22.5. The van der Waals surface area contributed by atoms with Crippen LogP contribution >= 0.6 is 0 Å². The van der Waals surface area contributed by atoms with Crippen LogP contribution < -0.4 is 4.47 Å². The van der Waals surface area contributed by atoms with Crippen molar-refractivity contribution in [1.82, 2.24) is 19.4 Å². The van der Waals surface area contributed by atoms with E-state index in [-0.39, 0.29) is 23.5 Å². The summed E-state index contributed by atoms with van der Waals surface area (Å²) in [6.07, 6.45) is 8.55. The molecular formula is C37H43N5O5S. The lowest BCUT2D eigenvalue weighted by Gasteiger charge is -2.45. The fourth-order valence-electron chi connectivity index (χ4n) is 8.68. The first-order chi connectivity index (χ1) is 23.2.